The molecule has 2 unspecified atom stereocenters. The van der Waals surface area contributed by atoms with Crippen molar-refractivity contribution in [3.05, 3.63) is 36.0 Å². The Morgan fingerprint density at radius 2 is 2.00 bits per heavy atom. The molecule has 0 aliphatic rings. The molecule has 0 spiro atoms. The maximum absolute atomic E-state index is 10.8. The van der Waals surface area contributed by atoms with E-state index in [4.69, 9.17) is 16.6 Å². The summed E-state index contributed by atoms with van der Waals surface area (Å²) >= 11 is 0. The van der Waals surface area contributed by atoms with Crippen LogP contribution in [0.3, 0.4) is 0 Å². The number of carboxylic acid groups (broad SMARTS) is 1. The number of nitrogens with zero attached hydrogens (tertiary/aromatic N) is 1. The van der Waals surface area contributed by atoms with Gasteiger partial charge in [0.05, 0.1) is 6.04 Å². The van der Waals surface area contributed by atoms with Gasteiger partial charge in [0.25, 0.3) is 0 Å². The van der Waals surface area contributed by atoms with E-state index >= 15 is 0 Å². The molecule has 2 aromatic rings. The van der Waals surface area contributed by atoms with Gasteiger partial charge in [0.1, 0.15) is 6.04 Å². The van der Waals surface area contributed by atoms with Gasteiger partial charge in [-0.25, -0.2) is 0 Å². The van der Waals surface area contributed by atoms with Crippen molar-refractivity contribution >= 4 is 16.9 Å². The van der Waals surface area contributed by atoms with Gasteiger partial charge in [-0.3, -0.25) is 4.79 Å². The molecule has 0 saturated carbocycles. The van der Waals surface area contributed by atoms with Gasteiger partial charge >= 0.3 is 5.97 Å². The van der Waals surface area contributed by atoms with Crippen LogP contribution in [0.25, 0.3) is 10.9 Å². The fourth-order valence-corrected chi connectivity index (χ4v) is 1.99. The van der Waals surface area contributed by atoms with Crippen molar-refractivity contribution in [1.29, 1.82) is 0 Å². The van der Waals surface area contributed by atoms with Crippen LogP contribution in [0.4, 0.5) is 0 Å². The number of aromatic nitrogens is 1. The largest absolute Gasteiger partial charge is 0.480 e. The summed E-state index contributed by atoms with van der Waals surface area (Å²) in [4.78, 5) is 10.8. The predicted octanol–water partition coefficient (Wildman–Crippen LogP) is 0.590. The van der Waals surface area contributed by atoms with Crippen LogP contribution >= 0.6 is 0 Å². The van der Waals surface area contributed by atoms with Crippen LogP contribution in [-0.2, 0) is 11.8 Å². The highest BCUT2D eigenvalue weighted by Gasteiger charge is 2.24. The third-order valence-corrected chi connectivity index (χ3v) is 2.96. The average Bonchev–Trinajstić information content (AvgIpc) is 2.65. The number of carbonyl (C=O) groups is 1. The Labute approximate surface area is 98.6 Å². The van der Waals surface area contributed by atoms with Crippen LogP contribution < -0.4 is 11.5 Å². The first-order valence-corrected chi connectivity index (χ1v) is 5.30. The van der Waals surface area contributed by atoms with Gasteiger partial charge < -0.3 is 21.1 Å². The third-order valence-electron chi connectivity index (χ3n) is 2.96. The first-order chi connectivity index (χ1) is 8.02. The third kappa shape index (κ3) is 1.90. The molecular formula is C12H15N3O2. The standard InChI is InChI=1S/C12H15N3O2/c1-15-6-8(10(13)11(14)12(16)17)7-4-2-3-5-9(7)15/h2-6,10-11H,13-14H2,1H3,(H,16,17). The molecule has 0 radical (unpaired) electrons. The van der Waals surface area contributed by atoms with E-state index in [2.05, 4.69) is 0 Å². The molecule has 0 aliphatic heterocycles. The van der Waals surface area contributed by atoms with Gasteiger partial charge in [-0.1, -0.05) is 18.2 Å². The second-order valence-electron chi connectivity index (χ2n) is 4.10. The topological polar surface area (TPSA) is 94.3 Å². The van der Waals surface area contributed by atoms with E-state index in [-0.39, 0.29) is 0 Å². The molecule has 0 aliphatic carbocycles. The fourth-order valence-electron chi connectivity index (χ4n) is 1.99. The van der Waals surface area contributed by atoms with Crippen LogP contribution in [0.2, 0.25) is 0 Å². The zero-order valence-corrected chi connectivity index (χ0v) is 9.50. The van der Waals surface area contributed by atoms with E-state index in [9.17, 15) is 4.79 Å². The Bertz CT molecular complexity index is 562. The number of hydrogen-bond donors (Lipinski definition) is 3. The van der Waals surface area contributed by atoms with E-state index in [1.807, 2.05) is 42.1 Å². The average molecular weight is 233 g/mol. The maximum Gasteiger partial charge on any atom is 0.322 e. The summed E-state index contributed by atoms with van der Waals surface area (Å²) in [6.45, 7) is 0. The molecule has 1 heterocycles. The summed E-state index contributed by atoms with van der Waals surface area (Å²) in [5, 5.41) is 9.82. The highest BCUT2D eigenvalue weighted by Crippen LogP contribution is 2.25. The lowest BCUT2D eigenvalue weighted by molar-refractivity contribution is -0.139. The zero-order chi connectivity index (χ0) is 12.6. The molecular weight excluding hydrogens is 218 g/mol. The minimum Gasteiger partial charge on any atom is -0.480 e. The van der Waals surface area contributed by atoms with Crippen molar-refractivity contribution in [2.45, 2.75) is 12.1 Å². The number of benzene rings is 1. The Morgan fingerprint density at radius 3 is 2.65 bits per heavy atom. The molecule has 1 aromatic carbocycles. The van der Waals surface area contributed by atoms with Crippen LogP contribution in [0.5, 0.6) is 0 Å². The van der Waals surface area contributed by atoms with E-state index in [0.29, 0.717) is 0 Å². The van der Waals surface area contributed by atoms with Crippen molar-refractivity contribution in [3.63, 3.8) is 0 Å². The number of hydrogen-bond acceptors (Lipinski definition) is 3. The monoisotopic (exact) mass is 233 g/mol. The Kier molecular flexibility index (Phi) is 2.87. The number of aliphatic carboxylic acids is 1. The van der Waals surface area contributed by atoms with Crippen molar-refractivity contribution in [1.82, 2.24) is 4.57 Å². The molecule has 90 valence electrons. The first-order valence-electron chi connectivity index (χ1n) is 5.30. The fraction of sp³-hybridized carbons (Fsp3) is 0.250. The van der Waals surface area contributed by atoms with Crippen LogP contribution in [0.15, 0.2) is 30.5 Å². The Hall–Kier alpha value is -1.85. The first kappa shape index (κ1) is 11.6. The molecule has 0 amide bonds. The molecule has 5 heteroatoms. The van der Waals surface area contributed by atoms with Crippen molar-refractivity contribution < 1.29 is 9.90 Å². The van der Waals surface area contributed by atoms with Crippen molar-refractivity contribution in [3.8, 4) is 0 Å². The highest BCUT2D eigenvalue weighted by molar-refractivity contribution is 5.85. The van der Waals surface area contributed by atoms with Gasteiger partial charge in [0.15, 0.2) is 0 Å². The van der Waals surface area contributed by atoms with Gasteiger partial charge in [-0.15, -0.1) is 0 Å². The summed E-state index contributed by atoms with van der Waals surface area (Å²) in [6, 6.07) is 5.88. The van der Waals surface area contributed by atoms with Gasteiger partial charge in [-0.05, 0) is 11.6 Å². The number of carboxylic acids is 1. The van der Waals surface area contributed by atoms with E-state index < -0.39 is 18.1 Å². The molecule has 17 heavy (non-hydrogen) atoms. The van der Waals surface area contributed by atoms with Gasteiger partial charge in [0.2, 0.25) is 0 Å². The molecule has 2 rings (SSSR count). The molecule has 2 atom stereocenters. The summed E-state index contributed by atoms with van der Waals surface area (Å²) in [5.41, 5.74) is 13.2. The summed E-state index contributed by atoms with van der Waals surface area (Å²) in [7, 11) is 1.89. The molecule has 0 saturated heterocycles. The second kappa shape index (κ2) is 4.20. The molecule has 5 nitrogen and oxygen atoms in total. The number of nitrogens with two attached hydrogens (primary N) is 2. The smallest absolute Gasteiger partial charge is 0.322 e. The minimum atomic E-state index is -1.10. The summed E-state index contributed by atoms with van der Waals surface area (Å²) < 4.78 is 1.92. The summed E-state index contributed by atoms with van der Waals surface area (Å²) in [6.07, 6.45) is 1.83. The van der Waals surface area contributed by atoms with Crippen LogP contribution in [0, 0.1) is 0 Å². The van der Waals surface area contributed by atoms with Gasteiger partial charge in [0, 0.05) is 24.1 Å². The van der Waals surface area contributed by atoms with Crippen molar-refractivity contribution in [2.24, 2.45) is 18.5 Å². The van der Waals surface area contributed by atoms with E-state index in [1.165, 1.54) is 0 Å². The lowest BCUT2D eigenvalue weighted by Crippen LogP contribution is -2.40. The highest BCUT2D eigenvalue weighted by atomic mass is 16.4. The van der Waals surface area contributed by atoms with Crippen LogP contribution in [0.1, 0.15) is 11.6 Å². The summed E-state index contributed by atoms with van der Waals surface area (Å²) in [5.74, 6) is -1.09. The second-order valence-corrected chi connectivity index (χ2v) is 4.10. The molecule has 0 fully saturated rings. The maximum atomic E-state index is 10.8. The number of para-hydroxylation sites is 1. The molecule has 0 bridgehead atoms. The quantitative estimate of drug-likeness (QED) is 0.723. The zero-order valence-electron chi connectivity index (χ0n) is 9.50. The minimum absolute atomic E-state index is 0.710. The van der Waals surface area contributed by atoms with Crippen molar-refractivity contribution in [2.75, 3.05) is 0 Å². The lowest BCUT2D eigenvalue weighted by Gasteiger charge is -2.15. The number of fused-ring (bicyclic) bond motifs is 1. The molecule has 1 aromatic heterocycles. The predicted molar refractivity (Wildman–Crippen MR) is 65.5 cm³/mol. The number of rotatable bonds is 3. The number of aryl methyl sites for hydroxylation is 1. The lowest BCUT2D eigenvalue weighted by atomic mass is 10.0. The SMILES string of the molecule is Cn1cc(C(N)C(N)C(=O)O)c2ccccc21. The van der Waals surface area contributed by atoms with E-state index in [0.717, 1.165) is 16.5 Å². The molecule has 5 N–H and O–H groups in total. The van der Waals surface area contributed by atoms with Gasteiger partial charge in [-0.2, -0.15) is 0 Å². The Balaban J connectivity index is 2.52. The van der Waals surface area contributed by atoms with Crippen LogP contribution in [-0.4, -0.2) is 21.7 Å². The normalized spacial score (nSPS) is 14.8. The van der Waals surface area contributed by atoms with E-state index in [1.54, 1.807) is 0 Å². The Morgan fingerprint density at radius 1 is 1.35 bits per heavy atom.